The summed E-state index contributed by atoms with van der Waals surface area (Å²) in [5, 5.41) is 9.58. The van der Waals surface area contributed by atoms with Crippen LogP contribution in [0.4, 0.5) is 0 Å². The Morgan fingerprint density at radius 2 is 2.00 bits per heavy atom. The third kappa shape index (κ3) is 5.15. The second-order valence-corrected chi connectivity index (χ2v) is 4.79. The van der Waals surface area contributed by atoms with Crippen LogP contribution in [0.15, 0.2) is 34.9 Å². The number of allylic oxidation sites excluding steroid dienone is 5. The Bertz CT molecular complexity index is 386. The van der Waals surface area contributed by atoms with Crippen molar-refractivity contribution in [1.29, 1.82) is 0 Å². The monoisotopic (exact) mass is 264 g/mol. The molecule has 0 fully saturated rings. The van der Waals surface area contributed by atoms with Gasteiger partial charge in [0, 0.05) is 0 Å². The fourth-order valence-electron chi connectivity index (χ4n) is 2.23. The first kappa shape index (κ1) is 17.8. The lowest BCUT2D eigenvalue weighted by molar-refractivity contribution is -0.124. The normalized spacial score (nSPS) is 24.6. The van der Waals surface area contributed by atoms with Gasteiger partial charge < -0.3 is 5.11 Å². The molecule has 2 nitrogen and oxygen atoms in total. The second kappa shape index (κ2) is 8.87. The molecule has 0 aliphatic heterocycles. The minimum atomic E-state index is -0.811. The molecule has 0 radical (unpaired) electrons. The van der Waals surface area contributed by atoms with Gasteiger partial charge in [-0.15, -0.1) is 0 Å². The van der Waals surface area contributed by atoms with Gasteiger partial charge in [0.2, 0.25) is 0 Å². The highest BCUT2D eigenvalue weighted by atomic mass is 16.3. The maximum Gasteiger partial charge on any atom is 0.187 e. The molecule has 0 saturated heterocycles. The number of ketones is 1. The Labute approximate surface area is 117 Å². The summed E-state index contributed by atoms with van der Waals surface area (Å²) in [7, 11) is 0. The molecule has 0 bridgehead atoms. The average molecular weight is 264 g/mol. The van der Waals surface area contributed by atoms with Crippen LogP contribution >= 0.6 is 0 Å². The van der Waals surface area contributed by atoms with Gasteiger partial charge in [-0.2, -0.15) is 0 Å². The molecule has 0 aromatic heterocycles. The molecule has 19 heavy (non-hydrogen) atoms. The Kier molecular flexibility index (Phi) is 8.33. The smallest absolute Gasteiger partial charge is 0.187 e. The van der Waals surface area contributed by atoms with E-state index in [0.29, 0.717) is 12.0 Å². The predicted octanol–water partition coefficient (Wildman–Crippen LogP) is 4.21. The lowest BCUT2D eigenvalue weighted by atomic mass is 9.81. The van der Waals surface area contributed by atoms with Crippen molar-refractivity contribution in [3.63, 3.8) is 0 Å². The summed E-state index contributed by atoms with van der Waals surface area (Å²) in [5.74, 6) is 0.119. The summed E-state index contributed by atoms with van der Waals surface area (Å²) < 4.78 is 0. The highest BCUT2D eigenvalue weighted by molar-refractivity contribution is 6.00. The SMILES string of the molecule is CC.CC/C=C(C)/C=C/C1=C(C)C(=O)C(O)CC1C. The van der Waals surface area contributed by atoms with E-state index in [1.807, 2.05) is 26.0 Å². The fraction of sp³-hybridized carbons (Fsp3) is 0.588. The van der Waals surface area contributed by atoms with Crippen LogP contribution in [0.2, 0.25) is 0 Å². The number of Topliss-reactive ketones (excluding diaryl/α,β-unsaturated/α-hetero) is 1. The van der Waals surface area contributed by atoms with Crippen LogP contribution in [0.5, 0.6) is 0 Å². The van der Waals surface area contributed by atoms with Crippen LogP contribution in [0.25, 0.3) is 0 Å². The van der Waals surface area contributed by atoms with Gasteiger partial charge in [0.15, 0.2) is 5.78 Å². The quantitative estimate of drug-likeness (QED) is 0.775. The van der Waals surface area contributed by atoms with Crippen molar-refractivity contribution in [1.82, 2.24) is 0 Å². The molecule has 2 heteroatoms. The number of aliphatic hydroxyl groups is 1. The third-order valence-electron chi connectivity index (χ3n) is 3.26. The average Bonchev–Trinajstić information content (AvgIpc) is 2.38. The molecule has 0 aromatic carbocycles. The summed E-state index contributed by atoms with van der Waals surface area (Å²) in [5.41, 5.74) is 2.97. The molecule has 108 valence electrons. The third-order valence-corrected chi connectivity index (χ3v) is 3.26. The number of hydrogen-bond acceptors (Lipinski definition) is 2. The number of carbonyl (C=O) groups is 1. The number of carbonyl (C=O) groups excluding carboxylic acids is 1. The van der Waals surface area contributed by atoms with Crippen molar-refractivity contribution >= 4 is 5.78 Å². The highest BCUT2D eigenvalue weighted by Gasteiger charge is 2.28. The summed E-state index contributed by atoms with van der Waals surface area (Å²) in [6.45, 7) is 12.0. The maximum atomic E-state index is 11.7. The van der Waals surface area contributed by atoms with E-state index in [9.17, 15) is 9.90 Å². The van der Waals surface area contributed by atoms with Gasteiger partial charge in [0.05, 0.1) is 0 Å². The lowest BCUT2D eigenvalue weighted by Crippen LogP contribution is -2.30. The molecule has 0 aromatic rings. The number of hydrogen-bond donors (Lipinski definition) is 1. The van der Waals surface area contributed by atoms with Crippen molar-refractivity contribution in [2.75, 3.05) is 0 Å². The molecule has 1 N–H and O–H groups in total. The number of aliphatic hydroxyl groups excluding tert-OH is 1. The van der Waals surface area contributed by atoms with Gasteiger partial charge in [-0.3, -0.25) is 4.79 Å². The predicted molar refractivity (Wildman–Crippen MR) is 82.0 cm³/mol. The van der Waals surface area contributed by atoms with Crippen molar-refractivity contribution in [2.24, 2.45) is 5.92 Å². The van der Waals surface area contributed by atoms with E-state index in [1.54, 1.807) is 6.92 Å². The van der Waals surface area contributed by atoms with E-state index < -0.39 is 6.10 Å². The van der Waals surface area contributed by atoms with Gasteiger partial charge in [-0.1, -0.05) is 51.5 Å². The van der Waals surface area contributed by atoms with Crippen LogP contribution in [-0.2, 0) is 4.79 Å². The van der Waals surface area contributed by atoms with Gasteiger partial charge in [0.1, 0.15) is 6.10 Å². The molecule has 0 saturated carbocycles. The van der Waals surface area contributed by atoms with Crippen molar-refractivity contribution in [3.8, 4) is 0 Å². The largest absolute Gasteiger partial charge is 0.385 e. The summed E-state index contributed by atoms with van der Waals surface area (Å²) in [6.07, 6.45) is 6.95. The standard InChI is InChI=1S/C15H22O2.C2H6/c1-5-6-10(2)7-8-13-11(3)9-14(16)15(17)12(13)4;1-2/h6-8,11,14,16H,5,9H2,1-4H3;1-2H3/b8-7+,10-6+;. The van der Waals surface area contributed by atoms with Crippen molar-refractivity contribution in [3.05, 3.63) is 34.9 Å². The molecule has 0 amide bonds. The maximum absolute atomic E-state index is 11.7. The van der Waals surface area contributed by atoms with Crippen molar-refractivity contribution in [2.45, 2.75) is 60.5 Å². The Balaban J connectivity index is 0.00000154. The molecular formula is C17H28O2. The van der Waals surface area contributed by atoms with E-state index in [4.69, 9.17) is 0 Å². The fourth-order valence-corrected chi connectivity index (χ4v) is 2.23. The Morgan fingerprint density at radius 1 is 1.42 bits per heavy atom. The minimum absolute atomic E-state index is 0.125. The summed E-state index contributed by atoms with van der Waals surface area (Å²) in [4.78, 5) is 11.7. The topological polar surface area (TPSA) is 37.3 Å². The van der Waals surface area contributed by atoms with Gasteiger partial charge >= 0.3 is 0 Å². The molecule has 1 aliphatic carbocycles. The van der Waals surface area contributed by atoms with E-state index in [-0.39, 0.29) is 11.7 Å². The molecule has 1 rings (SSSR count). The number of rotatable bonds is 3. The summed E-state index contributed by atoms with van der Waals surface area (Å²) >= 11 is 0. The molecule has 1 aliphatic rings. The van der Waals surface area contributed by atoms with Crippen LogP contribution in [0, 0.1) is 5.92 Å². The summed E-state index contributed by atoms with van der Waals surface area (Å²) in [6, 6.07) is 0. The van der Waals surface area contributed by atoms with Gasteiger partial charge in [-0.05, 0) is 43.8 Å². The van der Waals surface area contributed by atoms with Crippen LogP contribution in [0.3, 0.4) is 0 Å². The van der Waals surface area contributed by atoms with Crippen LogP contribution < -0.4 is 0 Å². The first-order valence-corrected chi connectivity index (χ1v) is 7.25. The first-order chi connectivity index (χ1) is 8.97. The molecule has 0 spiro atoms. The zero-order chi connectivity index (χ0) is 15.0. The van der Waals surface area contributed by atoms with Gasteiger partial charge in [0.25, 0.3) is 0 Å². The lowest BCUT2D eigenvalue weighted by Gasteiger charge is -2.25. The van der Waals surface area contributed by atoms with E-state index in [2.05, 4.69) is 26.8 Å². The zero-order valence-corrected chi connectivity index (χ0v) is 13.2. The van der Waals surface area contributed by atoms with E-state index >= 15 is 0 Å². The van der Waals surface area contributed by atoms with Gasteiger partial charge in [-0.25, -0.2) is 0 Å². The molecule has 0 heterocycles. The van der Waals surface area contributed by atoms with Crippen molar-refractivity contribution < 1.29 is 9.90 Å². The second-order valence-electron chi connectivity index (χ2n) is 4.79. The molecule has 2 atom stereocenters. The Hall–Kier alpha value is -1.15. The van der Waals surface area contributed by atoms with Crippen LogP contribution in [-0.4, -0.2) is 17.0 Å². The Morgan fingerprint density at radius 3 is 2.53 bits per heavy atom. The highest BCUT2D eigenvalue weighted by Crippen LogP contribution is 2.29. The first-order valence-electron chi connectivity index (χ1n) is 7.25. The molecular weight excluding hydrogens is 236 g/mol. The van der Waals surface area contributed by atoms with E-state index in [0.717, 1.165) is 12.0 Å². The molecule has 2 unspecified atom stereocenters. The zero-order valence-electron chi connectivity index (χ0n) is 13.2. The minimum Gasteiger partial charge on any atom is -0.385 e. The van der Waals surface area contributed by atoms with E-state index in [1.165, 1.54) is 5.57 Å². The van der Waals surface area contributed by atoms with Crippen LogP contribution in [0.1, 0.15) is 54.4 Å².